The highest BCUT2D eigenvalue weighted by Gasteiger charge is 2.09. The van der Waals surface area contributed by atoms with Gasteiger partial charge in [0.2, 0.25) is 5.91 Å². The van der Waals surface area contributed by atoms with Crippen molar-refractivity contribution in [1.29, 1.82) is 0 Å². The summed E-state index contributed by atoms with van der Waals surface area (Å²) in [5, 5.41) is 11.5. The number of halogens is 1. The van der Waals surface area contributed by atoms with Gasteiger partial charge in [-0.1, -0.05) is 51.5 Å². The lowest BCUT2D eigenvalue weighted by molar-refractivity contribution is -0.113. The molecule has 3 rings (SSSR count). The first-order valence-electron chi connectivity index (χ1n) is 6.50. The Labute approximate surface area is 130 Å². The highest BCUT2D eigenvalue weighted by molar-refractivity contribution is 9.09. The topological polar surface area (TPSA) is 59.8 Å². The molecule has 0 unspecified atom stereocenters. The number of hydrogen-bond donors (Lipinski definition) is 1. The van der Waals surface area contributed by atoms with Gasteiger partial charge in [-0.3, -0.25) is 4.79 Å². The average molecular weight is 345 g/mol. The number of hydrogen-bond acceptors (Lipinski definition) is 3. The fourth-order valence-electron chi connectivity index (χ4n) is 2.16. The molecule has 1 N–H and O–H groups in total. The maximum atomic E-state index is 11.6. The van der Waals surface area contributed by atoms with Gasteiger partial charge in [0.05, 0.1) is 17.4 Å². The number of nitrogens with one attached hydrogen (secondary N) is 1. The van der Waals surface area contributed by atoms with Gasteiger partial charge in [0, 0.05) is 5.69 Å². The molecule has 1 amide bonds. The molecule has 0 atom stereocenters. The number of carbonyl (C=O) groups is 1. The highest BCUT2D eigenvalue weighted by Crippen LogP contribution is 2.18. The van der Waals surface area contributed by atoms with Crippen LogP contribution in [0, 0.1) is 0 Å². The summed E-state index contributed by atoms with van der Waals surface area (Å²) in [6.45, 7) is 0.555. The Balaban J connectivity index is 1.93. The largest absolute Gasteiger partial charge is 0.325 e. The SMILES string of the molecule is O=C(CBr)Nc1ccccc1Cn1nnc2ccccc21. The average Bonchev–Trinajstić information content (AvgIpc) is 2.92. The van der Waals surface area contributed by atoms with E-state index < -0.39 is 0 Å². The normalized spacial score (nSPS) is 10.7. The van der Waals surface area contributed by atoms with Crippen LogP contribution < -0.4 is 5.32 Å². The number of alkyl halides is 1. The fraction of sp³-hybridized carbons (Fsp3) is 0.133. The minimum atomic E-state index is -0.0779. The molecule has 106 valence electrons. The summed E-state index contributed by atoms with van der Waals surface area (Å²) in [5.74, 6) is -0.0779. The molecular weight excluding hydrogens is 332 g/mol. The summed E-state index contributed by atoms with van der Waals surface area (Å²) >= 11 is 3.15. The number of benzene rings is 2. The van der Waals surface area contributed by atoms with Crippen LogP contribution in [0.2, 0.25) is 0 Å². The molecule has 1 heterocycles. The standard InChI is InChI=1S/C15H13BrN4O/c16-9-15(21)17-12-6-2-1-5-11(12)10-20-14-8-4-3-7-13(14)18-19-20/h1-8H,9-10H2,(H,17,21). The van der Waals surface area contributed by atoms with Crippen LogP contribution in [0.1, 0.15) is 5.56 Å². The lowest BCUT2D eigenvalue weighted by Crippen LogP contribution is -2.14. The highest BCUT2D eigenvalue weighted by atomic mass is 79.9. The Hall–Kier alpha value is -2.21. The van der Waals surface area contributed by atoms with Crippen molar-refractivity contribution in [1.82, 2.24) is 15.0 Å². The van der Waals surface area contributed by atoms with Crippen LogP contribution in [0.4, 0.5) is 5.69 Å². The van der Waals surface area contributed by atoms with E-state index in [1.165, 1.54) is 0 Å². The molecule has 0 aliphatic carbocycles. The third-order valence-electron chi connectivity index (χ3n) is 3.15. The molecule has 21 heavy (non-hydrogen) atoms. The van der Waals surface area contributed by atoms with Crippen molar-refractivity contribution < 1.29 is 4.79 Å². The van der Waals surface area contributed by atoms with Crippen LogP contribution in [-0.2, 0) is 11.3 Å². The van der Waals surface area contributed by atoms with Crippen LogP contribution in [0.3, 0.4) is 0 Å². The summed E-state index contributed by atoms with van der Waals surface area (Å²) in [6.07, 6.45) is 0. The monoisotopic (exact) mass is 344 g/mol. The van der Waals surface area contributed by atoms with E-state index in [1.807, 2.05) is 53.2 Å². The predicted molar refractivity (Wildman–Crippen MR) is 85.5 cm³/mol. The van der Waals surface area contributed by atoms with Gasteiger partial charge in [-0.15, -0.1) is 5.10 Å². The number of para-hydroxylation sites is 2. The lowest BCUT2D eigenvalue weighted by Gasteiger charge is -2.10. The number of amides is 1. The predicted octanol–water partition coefficient (Wildman–Crippen LogP) is 2.81. The van der Waals surface area contributed by atoms with Gasteiger partial charge in [-0.25, -0.2) is 4.68 Å². The minimum absolute atomic E-state index is 0.0779. The fourth-order valence-corrected chi connectivity index (χ4v) is 2.30. The molecule has 0 saturated carbocycles. The Kier molecular flexibility index (Phi) is 3.96. The van der Waals surface area contributed by atoms with E-state index in [0.29, 0.717) is 6.54 Å². The van der Waals surface area contributed by atoms with Gasteiger partial charge < -0.3 is 5.32 Å². The van der Waals surface area contributed by atoms with Crippen LogP contribution >= 0.6 is 15.9 Å². The third kappa shape index (κ3) is 2.95. The van der Waals surface area contributed by atoms with Crippen molar-refractivity contribution in [3.63, 3.8) is 0 Å². The van der Waals surface area contributed by atoms with Gasteiger partial charge in [0.1, 0.15) is 5.52 Å². The summed E-state index contributed by atoms with van der Waals surface area (Å²) in [5.41, 5.74) is 3.61. The van der Waals surface area contributed by atoms with Crippen molar-refractivity contribution in [2.75, 3.05) is 10.6 Å². The molecule has 5 nitrogen and oxygen atoms in total. The first-order chi connectivity index (χ1) is 10.3. The van der Waals surface area contributed by atoms with E-state index in [2.05, 4.69) is 31.6 Å². The Morgan fingerprint density at radius 2 is 1.90 bits per heavy atom. The molecule has 0 spiro atoms. The molecule has 2 aromatic carbocycles. The van der Waals surface area contributed by atoms with E-state index in [9.17, 15) is 4.79 Å². The maximum Gasteiger partial charge on any atom is 0.235 e. The summed E-state index contributed by atoms with van der Waals surface area (Å²) in [6, 6.07) is 15.5. The van der Waals surface area contributed by atoms with Crippen LogP contribution in [0.15, 0.2) is 48.5 Å². The van der Waals surface area contributed by atoms with Gasteiger partial charge in [0.25, 0.3) is 0 Å². The van der Waals surface area contributed by atoms with E-state index >= 15 is 0 Å². The number of anilines is 1. The van der Waals surface area contributed by atoms with Crippen LogP contribution in [0.5, 0.6) is 0 Å². The molecule has 1 aromatic heterocycles. The minimum Gasteiger partial charge on any atom is -0.325 e. The van der Waals surface area contributed by atoms with E-state index in [4.69, 9.17) is 0 Å². The van der Waals surface area contributed by atoms with Crippen molar-refractivity contribution in [2.24, 2.45) is 0 Å². The zero-order chi connectivity index (χ0) is 14.7. The van der Waals surface area contributed by atoms with Crippen molar-refractivity contribution in [3.05, 3.63) is 54.1 Å². The third-order valence-corrected chi connectivity index (χ3v) is 3.66. The second kappa shape index (κ2) is 6.05. The summed E-state index contributed by atoms with van der Waals surface area (Å²) in [7, 11) is 0. The Morgan fingerprint density at radius 3 is 2.76 bits per heavy atom. The van der Waals surface area contributed by atoms with Gasteiger partial charge in [-0.2, -0.15) is 0 Å². The summed E-state index contributed by atoms with van der Waals surface area (Å²) < 4.78 is 1.83. The van der Waals surface area contributed by atoms with E-state index in [0.717, 1.165) is 22.3 Å². The molecule has 0 aliphatic heterocycles. The van der Waals surface area contributed by atoms with Crippen molar-refractivity contribution >= 4 is 38.6 Å². The van der Waals surface area contributed by atoms with Gasteiger partial charge in [-0.05, 0) is 23.8 Å². The van der Waals surface area contributed by atoms with Crippen molar-refractivity contribution in [2.45, 2.75) is 6.54 Å². The smallest absolute Gasteiger partial charge is 0.235 e. The number of carbonyl (C=O) groups excluding carboxylic acids is 1. The molecule has 3 aromatic rings. The number of aromatic nitrogens is 3. The molecule has 0 saturated heterocycles. The lowest BCUT2D eigenvalue weighted by atomic mass is 10.1. The van der Waals surface area contributed by atoms with Crippen LogP contribution in [0.25, 0.3) is 11.0 Å². The number of nitrogens with zero attached hydrogens (tertiary/aromatic N) is 3. The van der Waals surface area contributed by atoms with Crippen LogP contribution in [-0.4, -0.2) is 26.2 Å². The summed E-state index contributed by atoms with van der Waals surface area (Å²) in [4.78, 5) is 11.6. The van der Waals surface area contributed by atoms with Gasteiger partial charge in [0.15, 0.2) is 0 Å². The van der Waals surface area contributed by atoms with Crippen molar-refractivity contribution in [3.8, 4) is 0 Å². The quantitative estimate of drug-likeness (QED) is 0.740. The number of fused-ring (bicyclic) bond motifs is 1. The molecule has 0 fully saturated rings. The molecule has 0 radical (unpaired) electrons. The van der Waals surface area contributed by atoms with E-state index in [-0.39, 0.29) is 11.2 Å². The van der Waals surface area contributed by atoms with Gasteiger partial charge >= 0.3 is 0 Å². The first kappa shape index (κ1) is 13.8. The Bertz CT molecular complexity index is 784. The zero-order valence-electron chi connectivity index (χ0n) is 11.2. The maximum absolute atomic E-state index is 11.6. The molecule has 6 heteroatoms. The molecular formula is C15H13BrN4O. The zero-order valence-corrected chi connectivity index (χ0v) is 12.7. The first-order valence-corrected chi connectivity index (χ1v) is 7.62. The number of rotatable bonds is 4. The molecule has 0 aliphatic rings. The second-order valence-electron chi connectivity index (χ2n) is 4.57. The second-order valence-corrected chi connectivity index (χ2v) is 5.14. The molecule has 0 bridgehead atoms. The Morgan fingerprint density at radius 1 is 1.14 bits per heavy atom. The van der Waals surface area contributed by atoms with E-state index in [1.54, 1.807) is 0 Å².